The molecule has 0 radical (unpaired) electrons. The zero-order valence-electron chi connectivity index (χ0n) is 11.6. The number of rotatable bonds is 5. The maximum Gasteiger partial charge on any atom is 0.226 e. The number of anilines is 2. The standard InChI is InChI=1S/C15H17N3OS2/c19-14(17-15-16-7-10-21-15)6-3-8-18-9-11-20-13-5-2-1-4-12(13)18/h1-2,4-5,7,10H,3,6,8-9,11H2,(H,16,17,19). The van der Waals surface area contributed by atoms with E-state index in [1.54, 1.807) is 6.20 Å². The van der Waals surface area contributed by atoms with Crippen LogP contribution in [0.3, 0.4) is 0 Å². The molecule has 21 heavy (non-hydrogen) atoms. The Morgan fingerprint density at radius 1 is 1.38 bits per heavy atom. The minimum atomic E-state index is 0.0459. The molecular formula is C15H17N3OS2. The molecule has 110 valence electrons. The Kier molecular flexibility index (Phi) is 4.77. The van der Waals surface area contributed by atoms with E-state index in [0.717, 1.165) is 25.3 Å². The van der Waals surface area contributed by atoms with Gasteiger partial charge in [0.1, 0.15) is 0 Å². The van der Waals surface area contributed by atoms with Crippen molar-refractivity contribution < 1.29 is 4.79 Å². The van der Waals surface area contributed by atoms with Crippen molar-refractivity contribution in [1.29, 1.82) is 0 Å². The molecular weight excluding hydrogens is 302 g/mol. The first-order chi connectivity index (χ1) is 10.3. The molecule has 1 aliphatic rings. The number of hydrogen-bond acceptors (Lipinski definition) is 5. The molecule has 0 bridgehead atoms. The van der Waals surface area contributed by atoms with E-state index in [1.807, 2.05) is 17.1 Å². The molecule has 6 heteroatoms. The Labute approximate surface area is 132 Å². The average Bonchev–Trinajstić information content (AvgIpc) is 3.00. The number of carbonyl (C=O) groups excluding carboxylic acids is 1. The number of benzene rings is 1. The quantitative estimate of drug-likeness (QED) is 0.916. The Morgan fingerprint density at radius 2 is 2.29 bits per heavy atom. The van der Waals surface area contributed by atoms with Gasteiger partial charge in [0, 0.05) is 41.7 Å². The third-order valence-electron chi connectivity index (χ3n) is 3.34. The van der Waals surface area contributed by atoms with Crippen LogP contribution in [0.5, 0.6) is 0 Å². The fourth-order valence-corrected chi connectivity index (χ4v) is 3.95. The lowest BCUT2D eigenvalue weighted by atomic mass is 10.2. The van der Waals surface area contributed by atoms with Crippen LogP contribution in [0.4, 0.5) is 10.8 Å². The summed E-state index contributed by atoms with van der Waals surface area (Å²) in [5.74, 6) is 1.16. The molecule has 2 heterocycles. The highest BCUT2D eigenvalue weighted by Gasteiger charge is 2.16. The predicted molar refractivity (Wildman–Crippen MR) is 89.4 cm³/mol. The molecule has 0 saturated carbocycles. The summed E-state index contributed by atoms with van der Waals surface area (Å²) >= 11 is 3.35. The molecule has 0 saturated heterocycles. The summed E-state index contributed by atoms with van der Waals surface area (Å²) in [5.41, 5.74) is 1.30. The van der Waals surface area contributed by atoms with Gasteiger partial charge in [-0.2, -0.15) is 0 Å². The van der Waals surface area contributed by atoms with Gasteiger partial charge in [-0.05, 0) is 18.6 Å². The SMILES string of the molecule is O=C(CCCN1CCSc2ccccc21)Nc1nccs1. The molecule has 0 aliphatic carbocycles. The Balaban J connectivity index is 1.49. The van der Waals surface area contributed by atoms with Gasteiger partial charge in [0.2, 0.25) is 5.91 Å². The summed E-state index contributed by atoms with van der Waals surface area (Å²) in [6.45, 7) is 1.97. The van der Waals surface area contributed by atoms with Gasteiger partial charge in [0.05, 0.1) is 5.69 Å². The van der Waals surface area contributed by atoms with Crippen LogP contribution in [0.25, 0.3) is 0 Å². The van der Waals surface area contributed by atoms with E-state index >= 15 is 0 Å². The Bertz CT molecular complexity index is 601. The topological polar surface area (TPSA) is 45.2 Å². The van der Waals surface area contributed by atoms with E-state index in [4.69, 9.17) is 0 Å². The van der Waals surface area contributed by atoms with Crippen molar-refractivity contribution >= 4 is 39.8 Å². The van der Waals surface area contributed by atoms with E-state index in [9.17, 15) is 4.79 Å². The lowest BCUT2D eigenvalue weighted by Crippen LogP contribution is -2.30. The maximum absolute atomic E-state index is 11.8. The first-order valence-electron chi connectivity index (χ1n) is 6.99. The van der Waals surface area contributed by atoms with Gasteiger partial charge in [0.25, 0.3) is 0 Å². The fraction of sp³-hybridized carbons (Fsp3) is 0.333. The zero-order valence-corrected chi connectivity index (χ0v) is 13.3. The molecule has 4 nitrogen and oxygen atoms in total. The molecule has 1 amide bonds. The van der Waals surface area contributed by atoms with Crippen LogP contribution in [-0.4, -0.2) is 29.7 Å². The second kappa shape index (κ2) is 6.95. The van der Waals surface area contributed by atoms with Crippen molar-refractivity contribution in [3.05, 3.63) is 35.8 Å². The number of para-hydroxylation sites is 1. The second-order valence-electron chi connectivity index (χ2n) is 4.79. The highest BCUT2D eigenvalue weighted by Crippen LogP contribution is 2.34. The summed E-state index contributed by atoms with van der Waals surface area (Å²) in [7, 11) is 0. The van der Waals surface area contributed by atoms with Gasteiger partial charge in [-0.15, -0.1) is 23.1 Å². The summed E-state index contributed by atoms with van der Waals surface area (Å²) in [5, 5.41) is 5.36. The smallest absolute Gasteiger partial charge is 0.226 e. The van der Waals surface area contributed by atoms with Gasteiger partial charge < -0.3 is 10.2 Å². The van der Waals surface area contributed by atoms with E-state index in [0.29, 0.717) is 11.6 Å². The Morgan fingerprint density at radius 3 is 3.14 bits per heavy atom. The van der Waals surface area contributed by atoms with Crippen molar-refractivity contribution in [3.63, 3.8) is 0 Å². The van der Waals surface area contributed by atoms with E-state index in [-0.39, 0.29) is 5.91 Å². The molecule has 1 aliphatic heterocycles. The maximum atomic E-state index is 11.8. The van der Waals surface area contributed by atoms with Gasteiger partial charge in [0.15, 0.2) is 5.13 Å². The minimum Gasteiger partial charge on any atom is -0.370 e. The van der Waals surface area contributed by atoms with Crippen molar-refractivity contribution in [2.24, 2.45) is 0 Å². The van der Waals surface area contributed by atoms with E-state index in [2.05, 4.69) is 39.5 Å². The van der Waals surface area contributed by atoms with Crippen LogP contribution in [0, 0.1) is 0 Å². The predicted octanol–water partition coefficient (Wildman–Crippen LogP) is 3.47. The van der Waals surface area contributed by atoms with Crippen LogP contribution in [-0.2, 0) is 4.79 Å². The monoisotopic (exact) mass is 319 g/mol. The summed E-state index contributed by atoms with van der Waals surface area (Å²) in [4.78, 5) is 19.6. The molecule has 0 fully saturated rings. The lowest BCUT2D eigenvalue weighted by molar-refractivity contribution is -0.116. The normalized spacial score (nSPS) is 13.8. The van der Waals surface area contributed by atoms with Crippen molar-refractivity contribution in [1.82, 2.24) is 4.98 Å². The largest absolute Gasteiger partial charge is 0.370 e. The fourth-order valence-electron chi connectivity index (χ4n) is 2.36. The number of hydrogen-bond donors (Lipinski definition) is 1. The first-order valence-corrected chi connectivity index (χ1v) is 8.85. The van der Waals surface area contributed by atoms with Crippen LogP contribution < -0.4 is 10.2 Å². The van der Waals surface area contributed by atoms with Crippen molar-refractivity contribution in [3.8, 4) is 0 Å². The van der Waals surface area contributed by atoms with E-state index in [1.165, 1.54) is 21.9 Å². The summed E-state index contributed by atoms with van der Waals surface area (Å²) in [6.07, 6.45) is 3.09. The van der Waals surface area contributed by atoms with Crippen molar-refractivity contribution in [2.45, 2.75) is 17.7 Å². The van der Waals surface area contributed by atoms with E-state index < -0.39 is 0 Å². The third-order valence-corrected chi connectivity index (χ3v) is 5.07. The average molecular weight is 319 g/mol. The van der Waals surface area contributed by atoms with Crippen LogP contribution in [0.2, 0.25) is 0 Å². The third kappa shape index (κ3) is 3.77. The molecule has 0 unspecified atom stereocenters. The van der Waals surface area contributed by atoms with Crippen LogP contribution in [0.15, 0.2) is 40.7 Å². The molecule has 1 aromatic carbocycles. The van der Waals surface area contributed by atoms with Crippen molar-refractivity contribution in [2.75, 3.05) is 29.1 Å². The molecule has 1 N–H and O–H groups in total. The number of thiazole rings is 1. The minimum absolute atomic E-state index is 0.0459. The first kappa shape index (κ1) is 14.4. The number of nitrogens with zero attached hydrogens (tertiary/aromatic N) is 2. The molecule has 0 atom stereocenters. The highest BCUT2D eigenvalue weighted by atomic mass is 32.2. The molecule has 0 spiro atoms. The summed E-state index contributed by atoms with van der Waals surface area (Å²) in [6, 6.07) is 8.49. The van der Waals surface area contributed by atoms with Gasteiger partial charge in [-0.3, -0.25) is 4.79 Å². The number of aromatic nitrogens is 1. The Hall–Kier alpha value is -1.53. The van der Waals surface area contributed by atoms with Crippen LogP contribution >= 0.6 is 23.1 Å². The number of carbonyl (C=O) groups is 1. The molecule has 1 aromatic heterocycles. The number of fused-ring (bicyclic) bond motifs is 1. The molecule has 2 aromatic rings. The van der Waals surface area contributed by atoms with Gasteiger partial charge in [-0.25, -0.2) is 4.98 Å². The number of thioether (sulfide) groups is 1. The molecule has 3 rings (SSSR count). The van der Waals surface area contributed by atoms with Crippen LogP contribution in [0.1, 0.15) is 12.8 Å². The van der Waals surface area contributed by atoms with Gasteiger partial charge in [-0.1, -0.05) is 12.1 Å². The highest BCUT2D eigenvalue weighted by molar-refractivity contribution is 7.99. The van der Waals surface area contributed by atoms with Gasteiger partial charge >= 0.3 is 0 Å². The lowest BCUT2D eigenvalue weighted by Gasteiger charge is -2.30. The number of amides is 1. The summed E-state index contributed by atoms with van der Waals surface area (Å²) < 4.78 is 0. The second-order valence-corrected chi connectivity index (χ2v) is 6.82. The number of nitrogens with one attached hydrogen (secondary N) is 1. The zero-order chi connectivity index (χ0) is 14.5.